The highest BCUT2D eigenvalue weighted by Crippen LogP contribution is 2.36. The molecular weight excluding hydrogens is 487 g/mol. The summed E-state index contributed by atoms with van der Waals surface area (Å²) in [6.45, 7) is 8.78. The number of carbonyl (C=O) groups is 1. The molecule has 1 amide bonds. The lowest BCUT2D eigenvalue weighted by molar-refractivity contribution is 0.0594. The van der Waals surface area contributed by atoms with Crippen molar-refractivity contribution in [2.75, 3.05) is 26.2 Å². The fourth-order valence-corrected chi connectivity index (χ4v) is 4.69. The SMILES string of the molecule is CCn1cc(CN2CCN(C(=O)c3ccc(COc4c(Cl)cc(Cl)cc4Cl)o3)CC2)c(C)n1. The van der Waals surface area contributed by atoms with Crippen LogP contribution in [0.4, 0.5) is 0 Å². The summed E-state index contributed by atoms with van der Waals surface area (Å²) in [5.74, 6) is 0.985. The molecule has 1 fully saturated rings. The monoisotopic (exact) mass is 510 g/mol. The number of piperazine rings is 1. The van der Waals surface area contributed by atoms with E-state index >= 15 is 0 Å². The van der Waals surface area contributed by atoms with E-state index in [0.29, 0.717) is 39.7 Å². The minimum absolute atomic E-state index is 0.0902. The minimum Gasteiger partial charge on any atom is -0.483 e. The summed E-state index contributed by atoms with van der Waals surface area (Å²) in [6.07, 6.45) is 2.10. The van der Waals surface area contributed by atoms with Crippen molar-refractivity contribution in [1.82, 2.24) is 19.6 Å². The third-order valence-corrected chi connectivity index (χ3v) is 6.40. The van der Waals surface area contributed by atoms with E-state index in [0.717, 1.165) is 31.9 Å². The second kappa shape index (κ2) is 10.4. The van der Waals surface area contributed by atoms with Crippen molar-refractivity contribution >= 4 is 40.7 Å². The van der Waals surface area contributed by atoms with Gasteiger partial charge in [-0.05, 0) is 38.1 Å². The van der Waals surface area contributed by atoms with Crippen LogP contribution in [0.2, 0.25) is 15.1 Å². The molecule has 3 heterocycles. The van der Waals surface area contributed by atoms with Crippen LogP contribution in [0.3, 0.4) is 0 Å². The van der Waals surface area contributed by atoms with E-state index in [1.807, 2.05) is 16.5 Å². The number of carbonyl (C=O) groups excluding carboxylic acids is 1. The van der Waals surface area contributed by atoms with Gasteiger partial charge in [0.15, 0.2) is 11.5 Å². The number of furan rings is 1. The Morgan fingerprint density at radius 2 is 1.82 bits per heavy atom. The Balaban J connectivity index is 1.30. The quantitative estimate of drug-likeness (QED) is 0.431. The summed E-state index contributed by atoms with van der Waals surface area (Å²) in [6, 6.07) is 6.49. The molecule has 0 radical (unpaired) electrons. The number of aryl methyl sites for hydroxylation is 2. The number of aromatic nitrogens is 2. The van der Waals surface area contributed by atoms with E-state index in [9.17, 15) is 4.79 Å². The molecule has 0 unspecified atom stereocenters. The molecule has 0 bridgehead atoms. The highest BCUT2D eigenvalue weighted by atomic mass is 35.5. The maximum atomic E-state index is 12.9. The fraction of sp³-hybridized carbons (Fsp3) is 0.391. The van der Waals surface area contributed by atoms with Crippen molar-refractivity contribution in [1.29, 1.82) is 0 Å². The predicted octanol–water partition coefficient (Wildman–Crippen LogP) is 5.30. The van der Waals surface area contributed by atoms with Crippen LogP contribution < -0.4 is 4.74 Å². The molecule has 0 N–H and O–H groups in total. The standard InChI is InChI=1S/C23H25Cl3N4O3/c1-3-30-13-16(15(2)27-30)12-28-6-8-29(9-7-28)23(31)21-5-4-18(33-21)14-32-22-19(25)10-17(24)11-20(22)26/h4-5,10-11,13H,3,6-9,12,14H2,1-2H3. The molecule has 7 nitrogen and oxygen atoms in total. The van der Waals surface area contributed by atoms with Gasteiger partial charge in [-0.1, -0.05) is 34.8 Å². The van der Waals surface area contributed by atoms with Crippen LogP contribution >= 0.6 is 34.8 Å². The van der Waals surface area contributed by atoms with Gasteiger partial charge >= 0.3 is 0 Å². The number of rotatable bonds is 7. The van der Waals surface area contributed by atoms with Crippen molar-refractivity contribution in [2.24, 2.45) is 0 Å². The van der Waals surface area contributed by atoms with Gasteiger partial charge in [0, 0.05) is 56.1 Å². The molecule has 0 saturated carbocycles. The topological polar surface area (TPSA) is 63.7 Å². The van der Waals surface area contributed by atoms with Gasteiger partial charge in [-0.2, -0.15) is 5.10 Å². The highest BCUT2D eigenvalue weighted by Gasteiger charge is 2.25. The molecule has 0 atom stereocenters. The number of ether oxygens (including phenoxy) is 1. The van der Waals surface area contributed by atoms with Crippen LogP contribution in [0.5, 0.6) is 5.75 Å². The summed E-state index contributed by atoms with van der Waals surface area (Å²) < 4.78 is 13.4. The number of hydrogen-bond acceptors (Lipinski definition) is 5. The van der Waals surface area contributed by atoms with Crippen LogP contribution in [-0.2, 0) is 19.7 Å². The first kappa shape index (κ1) is 24.0. The molecule has 0 aliphatic carbocycles. The van der Waals surface area contributed by atoms with Crippen molar-refractivity contribution in [2.45, 2.75) is 33.5 Å². The zero-order valence-corrected chi connectivity index (χ0v) is 20.8. The van der Waals surface area contributed by atoms with Gasteiger partial charge in [0.1, 0.15) is 12.4 Å². The van der Waals surface area contributed by atoms with E-state index in [2.05, 4.69) is 23.1 Å². The molecule has 33 heavy (non-hydrogen) atoms. The largest absolute Gasteiger partial charge is 0.483 e. The smallest absolute Gasteiger partial charge is 0.289 e. The van der Waals surface area contributed by atoms with Crippen LogP contribution in [0, 0.1) is 6.92 Å². The average molecular weight is 512 g/mol. The zero-order valence-electron chi connectivity index (χ0n) is 18.5. The Labute approximate surface area is 207 Å². The Bertz CT molecular complexity index is 1110. The van der Waals surface area contributed by atoms with Crippen molar-refractivity contribution in [3.63, 3.8) is 0 Å². The number of halogens is 3. The summed E-state index contributed by atoms with van der Waals surface area (Å²) >= 11 is 18.2. The summed E-state index contributed by atoms with van der Waals surface area (Å²) in [5.41, 5.74) is 2.29. The van der Waals surface area contributed by atoms with E-state index in [-0.39, 0.29) is 18.3 Å². The van der Waals surface area contributed by atoms with Gasteiger partial charge in [-0.15, -0.1) is 0 Å². The number of hydrogen-bond donors (Lipinski definition) is 0. The van der Waals surface area contributed by atoms with Crippen LogP contribution in [-0.4, -0.2) is 51.7 Å². The van der Waals surface area contributed by atoms with Crippen molar-refractivity contribution in [3.05, 3.63) is 68.3 Å². The van der Waals surface area contributed by atoms with Crippen molar-refractivity contribution < 1.29 is 13.9 Å². The summed E-state index contributed by atoms with van der Waals surface area (Å²) in [5, 5.41) is 5.56. The van der Waals surface area contributed by atoms with Crippen LogP contribution in [0.1, 0.15) is 34.5 Å². The van der Waals surface area contributed by atoms with Gasteiger partial charge < -0.3 is 14.1 Å². The third-order valence-electron chi connectivity index (χ3n) is 5.62. The average Bonchev–Trinajstić information content (AvgIpc) is 3.40. The molecule has 1 aromatic carbocycles. The molecule has 4 rings (SSSR count). The number of benzene rings is 1. The summed E-state index contributed by atoms with van der Waals surface area (Å²) in [4.78, 5) is 17.1. The van der Waals surface area contributed by atoms with Crippen molar-refractivity contribution in [3.8, 4) is 5.75 Å². The van der Waals surface area contributed by atoms with Gasteiger partial charge in [0.25, 0.3) is 5.91 Å². The van der Waals surface area contributed by atoms with E-state index in [1.54, 1.807) is 24.3 Å². The van der Waals surface area contributed by atoms with Crippen LogP contribution in [0.25, 0.3) is 0 Å². The molecule has 2 aromatic heterocycles. The Morgan fingerprint density at radius 1 is 1.12 bits per heavy atom. The molecular formula is C23H25Cl3N4O3. The minimum atomic E-state index is -0.126. The van der Waals surface area contributed by atoms with E-state index in [1.165, 1.54) is 5.56 Å². The Morgan fingerprint density at radius 3 is 2.45 bits per heavy atom. The fourth-order valence-electron chi connectivity index (χ4n) is 3.76. The summed E-state index contributed by atoms with van der Waals surface area (Å²) in [7, 11) is 0. The number of amides is 1. The molecule has 1 aliphatic heterocycles. The molecule has 1 aliphatic rings. The first-order valence-corrected chi connectivity index (χ1v) is 11.9. The molecule has 1 saturated heterocycles. The first-order chi connectivity index (χ1) is 15.8. The van der Waals surface area contributed by atoms with Crippen LogP contribution in [0.15, 0.2) is 34.9 Å². The van der Waals surface area contributed by atoms with E-state index < -0.39 is 0 Å². The van der Waals surface area contributed by atoms with E-state index in [4.69, 9.17) is 44.0 Å². The van der Waals surface area contributed by atoms with Gasteiger partial charge in [0.05, 0.1) is 15.7 Å². The second-order valence-electron chi connectivity index (χ2n) is 7.92. The normalized spacial score (nSPS) is 14.6. The molecule has 0 spiro atoms. The molecule has 10 heteroatoms. The molecule has 3 aromatic rings. The molecule has 176 valence electrons. The van der Waals surface area contributed by atoms with Gasteiger partial charge in [-0.25, -0.2) is 0 Å². The maximum Gasteiger partial charge on any atom is 0.289 e. The number of nitrogens with zero attached hydrogens (tertiary/aromatic N) is 4. The van der Waals surface area contributed by atoms with Gasteiger partial charge in [0.2, 0.25) is 0 Å². The maximum absolute atomic E-state index is 12.9. The lowest BCUT2D eigenvalue weighted by Crippen LogP contribution is -2.48. The van der Waals surface area contributed by atoms with Gasteiger partial charge in [-0.3, -0.25) is 14.4 Å². The third kappa shape index (κ3) is 5.66. The highest BCUT2D eigenvalue weighted by molar-refractivity contribution is 6.40. The zero-order chi connectivity index (χ0) is 23.5. The lowest BCUT2D eigenvalue weighted by atomic mass is 10.2. The Kier molecular flexibility index (Phi) is 7.54. The first-order valence-electron chi connectivity index (χ1n) is 10.7. The lowest BCUT2D eigenvalue weighted by Gasteiger charge is -2.34. The second-order valence-corrected chi connectivity index (χ2v) is 9.17. The Hall–Kier alpha value is -2.19. The predicted molar refractivity (Wildman–Crippen MR) is 128 cm³/mol.